The van der Waals surface area contributed by atoms with Crippen LogP contribution in [0, 0.1) is 12.3 Å². The lowest BCUT2D eigenvalue weighted by Crippen LogP contribution is -2.27. The SMILES string of the molecule is C#CCN(C)C(=O)c1cc(Br)cc(S(N)(=O)=O)c1. The van der Waals surface area contributed by atoms with Crippen LogP contribution in [0.25, 0.3) is 0 Å². The zero-order valence-electron chi connectivity index (χ0n) is 9.55. The summed E-state index contributed by atoms with van der Waals surface area (Å²) in [4.78, 5) is 13.1. The van der Waals surface area contributed by atoms with Gasteiger partial charge >= 0.3 is 0 Å². The van der Waals surface area contributed by atoms with E-state index in [0.29, 0.717) is 4.47 Å². The van der Waals surface area contributed by atoms with Gasteiger partial charge in [0.25, 0.3) is 5.91 Å². The lowest BCUT2D eigenvalue weighted by Gasteiger charge is -2.14. The Morgan fingerprint density at radius 3 is 2.61 bits per heavy atom. The summed E-state index contributed by atoms with van der Waals surface area (Å²) in [6, 6.07) is 4.05. The molecule has 0 saturated carbocycles. The van der Waals surface area contributed by atoms with Gasteiger partial charge in [0, 0.05) is 17.1 Å². The number of amides is 1. The molecule has 1 amide bonds. The Balaban J connectivity index is 3.24. The molecular weight excluding hydrogens is 320 g/mol. The highest BCUT2D eigenvalue weighted by Crippen LogP contribution is 2.19. The van der Waals surface area contributed by atoms with Crippen molar-refractivity contribution < 1.29 is 13.2 Å². The zero-order valence-corrected chi connectivity index (χ0v) is 12.0. The van der Waals surface area contributed by atoms with Gasteiger partial charge in [0.2, 0.25) is 10.0 Å². The van der Waals surface area contributed by atoms with Crippen molar-refractivity contribution in [3.8, 4) is 12.3 Å². The molecule has 0 aliphatic rings. The van der Waals surface area contributed by atoms with Crippen LogP contribution >= 0.6 is 15.9 Å². The summed E-state index contributed by atoms with van der Waals surface area (Å²) in [6.45, 7) is 0.135. The summed E-state index contributed by atoms with van der Waals surface area (Å²) in [6.07, 6.45) is 5.11. The molecule has 2 N–H and O–H groups in total. The molecule has 0 aromatic heterocycles. The topological polar surface area (TPSA) is 80.5 Å². The van der Waals surface area contributed by atoms with E-state index in [0.717, 1.165) is 0 Å². The van der Waals surface area contributed by atoms with Crippen LogP contribution in [0.5, 0.6) is 0 Å². The second-order valence-electron chi connectivity index (χ2n) is 3.59. The Bertz CT molecular complexity index is 620. The molecule has 0 heterocycles. The predicted molar refractivity (Wildman–Crippen MR) is 71.3 cm³/mol. The van der Waals surface area contributed by atoms with Crippen molar-refractivity contribution in [1.82, 2.24) is 4.90 Å². The second-order valence-corrected chi connectivity index (χ2v) is 6.06. The molecule has 96 valence electrons. The first kappa shape index (κ1) is 14.7. The van der Waals surface area contributed by atoms with Crippen LogP contribution in [0.2, 0.25) is 0 Å². The number of carbonyl (C=O) groups excluding carboxylic acids is 1. The first-order valence-electron chi connectivity index (χ1n) is 4.78. The number of terminal acetylenes is 1. The van der Waals surface area contributed by atoms with Crippen molar-refractivity contribution in [3.63, 3.8) is 0 Å². The number of hydrogen-bond donors (Lipinski definition) is 1. The predicted octanol–water partition coefficient (Wildman–Crippen LogP) is 0.802. The summed E-state index contributed by atoms with van der Waals surface area (Å²) in [5.74, 6) is 1.95. The van der Waals surface area contributed by atoms with E-state index in [4.69, 9.17) is 11.6 Å². The molecule has 0 aliphatic heterocycles. The van der Waals surface area contributed by atoms with E-state index in [1.54, 1.807) is 0 Å². The molecule has 0 spiro atoms. The number of nitrogens with two attached hydrogens (primary N) is 1. The smallest absolute Gasteiger partial charge is 0.254 e. The van der Waals surface area contributed by atoms with Gasteiger partial charge in [-0.15, -0.1) is 6.42 Å². The number of nitrogens with zero attached hydrogens (tertiary/aromatic N) is 1. The molecule has 1 rings (SSSR count). The van der Waals surface area contributed by atoms with Gasteiger partial charge in [-0.2, -0.15) is 0 Å². The molecule has 7 heteroatoms. The number of rotatable bonds is 3. The van der Waals surface area contributed by atoms with Gasteiger partial charge < -0.3 is 4.90 Å². The van der Waals surface area contributed by atoms with E-state index in [1.165, 1.54) is 30.1 Å². The minimum atomic E-state index is -3.86. The third-order valence-corrected chi connectivity index (χ3v) is 3.47. The summed E-state index contributed by atoms with van der Waals surface area (Å²) in [5, 5.41) is 5.02. The summed E-state index contributed by atoms with van der Waals surface area (Å²) < 4.78 is 23.0. The minimum absolute atomic E-state index is 0.130. The standard InChI is InChI=1S/C11H11BrN2O3S/c1-3-4-14(2)11(15)8-5-9(12)7-10(6-8)18(13,16)17/h1,5-7H,4H2,2H3,(H2,13,16,17). The highest BCUT2D eigenvalue weighted by Gasteiger charge is 2.16. The highest BCUT2D eigenvalue weighted by atomic mass is 79.9. The Kier molecular flexibility index (Phi) is 4.51. The number of sulfonamides is 1. The van der Waals surface area contributed by atoms with Gasteiger partial charge in [-0.05, 0) is 18.2 Å². The van der Waals surface area contributed by atoms with Crippen LogP contribution in [-0.2, 0) is 10.0 Å². The van der Waals surface area contributed by atoms with Crippen LogP contribution in [0.3, 0.4) is 0 Å². The lowest BCUT2D eigenvalue weighted by molar-refractivity contribution is 0.0812. The molecule has 5 nitrogen and oxygen atoms in total. The Morgan fingerprint density at radius 1 is 1.50 bits per heavy atom. The monoisotopic (exact) mass is 330 g/mol. The summed E-state index contributed by atoms with van der Waals surface area (Å²) >= 11 is 3.13. The van der Waals surface area contributed by atoms with Crippen molar-refractivity contribution in [2.45, 2.75) is 4.90 Å². The number of halogens is 1. The van der Waals surface area contributed by atoms with Gasteiger partial charge in [-0.3, -0.25) is 4.79 Å². The molecular formula is C11H11BrN2O3S. The molecule has 0 saturated heterocycles. The third kappa shape index (κ3) is 3.57. The van der Waals surface area contributed by atoms with E-state index in [1.807, 2.05) is 0 Å². The highest BCUT2D eigenvalue weighted by molar-refractivity contribution is 9.10. The molecule has 0 unspecified atom stereocenters. The normalized spacial score (nSPS) is 10.8. The van der Waals surface area contributed by atoms with Crippen molar-refractivity contribution in [1.29, 1.82) is 0 Å². The van der Waals surface area contributed by atoms with Crippen LogP contribution in [0.1, 0.15) is 10.4 Å². The minimum Gasteiger partial charge on any atom is -0.331 e. The first-order valence-corrected chi connectivity index (χ1v) is 7.12. The molecule has 1 aromatic rings. The molecule has 0 radical (unpaired) electrons. The molecule has 0 fully saturated rings. The van der Waals surface area contributed by atoms with Gasteiger partial charge in [-0.1, -0.05) is 21.9 Å². The first-order chi connectivity index (χ1) is 8.25. The van der Waals surface area contributed by atoms with E-state index >= 15 is 0 Å². The van der Waals surface area contributed by atoms with Crippen LogP contribution in [0.4, 0.5) is 0 Å². The molecule has 0 atom stereocenters. The Hall–Kier alpha value is -1.36. The van der Waals surface area contributed by atoms with Gasteiger partial charge in [0.15, 0.2) is 0 Å². The number of hydrogen-bond acceptors (Lipinski definition) is 3. The van der Waals surface area contributed by atoms with Crippen LogP contribution in [0.15, 0.2) is 27.6 Å². The second kappa shape index (κ2) is 5.52. The average Bonchev–Trinajstić information content (AvgIpc) is 2.26. The van der Waals surface area contributed by atoms with Gasteiger partial charge in [0.1, 0.15) is 0 Å². The fourth-order valence-electron chi connectivity index (χ4n) is 1.28. The van der Waals surface area contributed by atoms with Crippen LogP contribution in [-0.4, -0.2) is 32.8 Å². The van der Waals surface area contributed by atoms with E-state index in [2.05, 4.69) is 21.9 Å². The van der Waals surface area contributed by atoms with Gasteiger partial charge in [0.05, 0.1) is 11.4 Å². The number of primary sulfonamides is 1. The Morgan fingerprint density at radius 2 is 2.11 bits per heavy atom. The van der Waals surface area contributed by atoms with Crippen molar-refractivity contribution in [3.05, 3.63) is 28.2 Å². The maximum Gasteiger partial charge on any atom is 0.254 e. The maximum absolute atomic E-state index is 11.9. The van der Waals surface area contributed by atoms with Crippen LogP contribution < -0.4 is 5.14 Å². The zero-order chi connectivity index (χ0) is 13.9. The number of benzene rings is 1. The van der Waals surface area contributed by atoms with E-state index in [9.17, 15) is 13.2 Å². The average molecular weight is 331 g/mol. The quantitative estimate of drug-likeness (QED) is 0.832. The lowest BCUT2D eigenvalue weighted by atomic mass is 10.2. The fraction of sp³-hybridized carbons (Fsp3) is 0.182. The molecule has 0 aliphatic carbocycles. The van der Waals surface area contributed by atoms with Crippen molar-refractivity contribution in [2.24, 2.45) is 5.14 Å². The molecule has 1 aromatic carbocycles. The largest absolute Gasteiger partial charge is 0.331 e. The number of carbonyl (C=O) groups is 1. The molecule has 0 bridgehead atoms. The Labute approximate surface area is 114 Å². The van der Waals surface area contributed by atoms with Crippen molar-refractivity contribution in [2.75, 3.05) is 13.6 Å². The fourth-order valence-corrected chi connectivity index (χ4v) is 2.51. The van der Waals surface area contributed by atoms with E-state index < -0.39 is 10.0 Å². The maximum atomic E-state index is 11.9. The third-order valence-electron chi connectivity index (χ3n) is 2.12. The molecule has 18 heavy (non-hydrogen) atoms. The van der Waals surface area contributed by atoms with E-state index in [-0.39, 0.29) is 22.9 Å². The summed E-state index contributed by atoms with van der Waals surface area (Å²) in [5.41, 5.74) is 0.200. The summed E-state index contributed by atoms with van der Waals surface area (Å²) in [7, 11) is -2.33. The van der Waals surface area contributed by atoms with Gasteiger partial charge in [-0.25, -0.2) is 13.6 Å². The van der Waals surface area contributed by atoms with Crippen molar-refractivity contribution >= 4 is 31.9 Å².